The monoisotopic (exact) mass is 611 g/mol. The molecule has 0 radical (unpaired) electrons. The number of nitrogens with one attached hydrogen (secondary N) is 2. The lowest BCUT2D eigenvalue weighted by molar-refractivity contribution is -0.121. The van der Waals surface area contributed by atoms with Crippen LogP contribution in [0.15, 0.2) is 60.7 Å². The van der Waals surface area contributed by atoms with E-state index >= 15 is 0 Å². The van der Waals surface area contributed by atoms with E-state index in [0.717, 1.165) is 65.2 Å². The van der Waals surface area contributed by atoms with E-state index in [1.54, 1.807) is 26.8 Å². The van der Waals surface area contributed by atoms with Crippen LogP contribution in [-0.2, 0) is 22.5 Å². The summed E-state index contributed by atoms with van der Waals surface area (Å²) in [6.07, 6.45) is 7.32. The Balaban J connectivity index is 1.28. The molecule has 0 aliphatic heterocycles. The van der Waals surface area contributed by atoms with Crippen molar-refractivity contribution < 1.29 is 19.1 Å². The molecule has 2 aromatic heterocycles. The van der Waals surface area contributed by atoms with Gasteiger partial charge in [-0.3, -0.25) is 4.79 Å². The Morgan fingerprint density at radius 2 is 1.71 bits per heavy atom. The number of hydrogen-bond acceptors (Lipinski definition) is 7. The van der Waals surface area contributed by atoms with Gasteiger partial charge in [0.25, 0.3) is 0 Å². The first-order valence-electron chi connectivity index (χ1n) is 16.2. The highest BCUT2D eigenvalue weighted by Crippen LogP contribution is 2.31. The fraction of sp³-hybridized carbons (Fsp3) is 0.444. The predicted octanol–water partition coefficient (Wildman–Crippen LogP) is 7.66. The number of aryl methyl sites for hydroxylation is 1. The number of hydrogen-bond donors (Lipinski definition) is 2. The van der Waals surface area contributed by atoms with Crippen LogP contribution < -0.4 is 15.4 Å². The van der Waals surface area contributed by atoms with E-state index in [1.165, 1.54) is 19.3 Å². The molecule has 0 saturated heterocycles. The van der Waals surface area contributed by atoms with Crippen LogP contribution in [0.3, 0.4) is 0 Å². The summed E-state index contributed by atoms with van der Waals surface area (Å²) in [5, 5.41) is 6.52. The Bertz CT molecular complexity index is 1600. The molecule has 1 saturated carbocycles. The van der Waals surface area contributed by atoms with Crippen LogP contribution in [0.1, 0.15) is 84.0 Å². The van der Waals surface area contributed by atoms with Crippen molar-refractivity contribution in [2.45, 2.75) is 97.2 Å². The highest BCUT2D eigenvalue weighted by atomic mass is 16.7. The average molecular weight is 612 g/mol. The number of nitrogens with zero attached hydrogens (tertiary/aromatic N) is 3. The number of ether oxygens (including phenoxy) is 2. The molecule has 0 unspecified atom stereocenters. The Labute approximate surface area is 265 Å². The van der Waals surface area contributed by atoms with Gasteiger partial charge in [0.05, 0.1) is 6.54 Å². The first-order valence-corrected chi connectivity index (χ1v) is 16.2. The quantitative estimate of drug-likeness (QED) is 0.132. The van der Waals surface area contributed by atoms with Crippen molar-refractivity contribution in [3.63, 3.8) is 0 Å². The topological polar surface area (TPSA) is 107 Å². The molecule has 1 fully saturated rings. The zero-order valence-corrected chi connectivity index (χ0v) is 26.9. The van der Waals surface area contributed by atoms with Crippen LogP contribution in [0, 0.1) is 0 Å². The lowest BCUT2D eigenvalue weighted by Crippen LogP contribution is -2.36. The Morgan fingerprint density at radius 3 is 2.44 bits per heavy atom. The normalized spacial score (nSPS) is 13.9. The minimum absolute atomic E-state index is 0.0909. The van der Waals surface area contributed by atoms with Gasteiger partial charge in [-0.25, -0.2) is 14.8 Å². The number of anilines is 1. The number of pyridine rings is 1. The first-order chi connectivity index (χ1) is 21.7. The fourth-order valence-corrected chi connectivity index (χ4v) is 5.71. The SMILES string of the molecule is CCCc1nc2ccc(NCCC(=O)NC3CCCCC3)nc2n1Cc1ccc(-c2ccccc2OC(=O)OC(C)(C)C)cc1. The molecule has 0 spiro atoms. The van der Waals surface area contributed by atoms with Gasteiger partial charge in [0.15, 0.2) is 5.65 Å². The minimum Gasteiger partial charge on any atom is -0.428 e. The van der Waals surface area contributed by atoms with Gasteiger partial charge < -0.3 is 24.7 Å². The molecule has 9 heteroatoms. The van der Waals surface area contributed by atoms with Crippen molar-refractivity contribution in [3.05, 3.63) is 72.1 Å². The van der Waals surface area contributed by atoms with E-state index in [0.29, 0.717) is 31.3 Å². The number of aromatic nitrogens is 3. The van der Waals surface area contributed by atoms with Crippen molar-refractivity contribution >= 4 is 29.0 Å². The number of carbonyl (C=O) groups is 2. The van der Waals surface area contributed by atoms with Gasteiger partial charge in [0, 0.05) is 31.0 Å². The summed E-state index contributed by atoms with van der Waals surface area (Å²) < 4.78 is 13.1. The summed E-state index contributed by atoms with van der Waals surface area (Å²) >= 11 is 0. The molecule has 0 bridgehead atoms. The Morgan fingerprint density at radius 1 is 0.956 bits per heavy atom. The summed E-state index contributed by atoms with van der Waals surface area (Å²) in [5.41, 5.74) is 3.86. The molecule has 45 heavy (non-hydrogen) atoms. The smallest absolute Gasteiger partial charge is 0.428 e. The molecule has 2 N–H and O–H groups in total. The lowest BCUT2D eigenvalue weighted by Gasteiger charge is -2.22. The summed E-state index contributed by atoms with van der Waals surface area (Å²) in [5.74, 6) is 2.26. The molecule has 1 amide bonds. The second-order valence-corrected chi connectivity index (χ2v) is 12.7. The highest BCUT2D eigenvalue weighted by Gasteiger charge is 2.20. The molecule has 1 aliphatic carbocycles. The molecule has 5 rings (SSSR count). The maximum atomic E-state index is 12.5. The van der Waals surface area contributed by atoms with E-state index in [4.69, 9.17) is 19.4 Å². The number of fused-ring (bicyclic) bond motifs is 1. The number of carbonyl (C=O) groups excluding carboxylic acids is 2. The van der Waals surface area contributed by atoms with Gasteiger partial charge >= 0.3 is 6.16 Å². The molecule has 238 valence electrons. The molecule has 0 atom stereocenters. The lowest BCUT2D eigenvalue weighted by atomic mass is 9.95. The molecular weight excluding hydrogens is 566 g/mol. The van der Waals surface area contributed by atoms with E-state index in [2.05, 4.69) is 34.3 Å². The van der Waals surface area contributed by atoms with Crippen LogP contribution in [0.5, 0.6) is 5.75 Å². The van der Waals surface area contributed by atoms with E-state index in [-0.39, 0.29) is 5.91 Å². The zero-order valence-electron chi connectivity index (χ0n) is 26.9. The van der Waals surface area contributed by atoms with Crippen molar-refractivity contribution in [1.82, 2.24) is 19.9 Å². The average Bonchev–Trinajstić information content (AvgIpc) is 3.33. The molecular formula is C36H45N5O4. The molecule has 2 aromatic carbocycles. The molecule has 9 nitrogen and oxygen atoms in total. The number of rotatable bonds is 11. The van der Waals surface area contributed by atoms with Gasteiger partial charge in [-0.05, 0) is 69.4 Å². The maximum Gasteiger partial charge on any atom is 0.514 e. The molecule has 4 aromatic rings. The van der Waals surface area contributed by atoms with Crippen molar-refractivity contribution in [1.29, 1.82) is 0 Å². The van der Waals surface area contributed by atoms with Gasteiger partial charge in [-0.1, -0.05) is 68.7 Å². The first kappa shape index (κ1) is 32.0. The Hall–Kier alpha value is -4.40. The zero-order chi connectivity index (χ0) is 31.8. The largest absolute Gasteiger partial charge is 0.514 e. The fourth-order valence-electron chi connectivity index (χ4n) is 5.71. The third kappa shape index (κ3) is 8.84. The number of para-hydroxylation sites is 1. The van der Waals surface area contributed by atoms with Gasteiger partial charge in [0.1, 0.15) is 28.5 Å². The third-order valence-electron chi connectivity index (χ3n) is 7.85. The van der Waals surface area contributed by atoms with Crippen molar-refractivity contribution in [2.24, 2.45) is 0 Å². The van der Waals surface area contributed by atoms with E-state index < -0.39 is 11.8 Å². The van der Waals surface area contributed by atoms with Crippen LogP contribution in [0.2, 0.25) is 0 Å². The summed E-state index contributed by atoms with van der Waals surface area (Å²) in [6.45, 7) is 8.70. The summed E-state index contributed by atoms with van der Waals surface area (Å²) in [6, 6.07) is 19.9. The van der Waals surface area contributed by atoms with Gasteiger partial charge in [0.2, 0.25) is 5.91 Å². The number of benzene rings is 2. The predicted molar refractivity (Wildman–Crippen MR) is 177 cm³/mol. The van der Waals surface area contributed by atoms with Gasteiger partial charge in [-0.15, -0.1) is 0 Å². The Kier molecular flexibility index (Phi) is 10.4. The maximum absolute atomic E-state index is 12.5. The second kappa shape index (κ2) is 14.6. The van der Waals surface area contributed by atoms with E-state index in [9.17, 15) is 9.59 Å². The summed E-state index contributed by atoms with van der Waals surface area (Å²) in [7, 11) is 0. The minimum atomic E-state index is -0.730. The number of amides is 1. The number of imidazole rings is 1. The van der Waals surface area contributed by atoms with Crippen LogP contribution >= 0.6 is 0 Å². The van der Waals surface area contributed by atoms with Crippen LogP contribution in [0.4, 0.5) is 10.6 Å². The standard InChI is InChI=1S/C36H45N5O4/c1-5-11-32-39-29-20-21-31(37-23-22-33(42)38-27-12-7-6-8-13-27)40-34(29)41(32)24-25-16-18-26(19-17-25)28-14-9-10-15-30(28)44-35(43)45-36(2,3)4/h9-10,14-21,27H,5-8,11-13,22-24H2,1-4H3,(H,37,40)(H,38,42). The van der Waals surface area contributed by atoms with Crippen molar-refractivity contribution in [3.8, 4) is 16.9 Å². The second-order valence-electron chi connectivity index (χ2n) is 12.7. The van der Waals surface area contributed by atoms with Crippen LogP contribution in [0.25, 0.3) is 22.3 Å². The van der Waals surface area contributed by atoms with Gasteiger partial charge in [-0.2, -0.15) is 0 Å². The van der Waals surface area contributed by atoms with Crippen LogP contribution in [-0.4, -0.2) is 44.8 Å². The third-order valence-corrected chi connectivity index (χ3v) is 7.85. The molecule has 2 heterocycles. The molecule has 1 aliphatic rings. The van der Waals surface area contributed by atoms with E-state index in [1.807, 2.05) is 42.5 Å². The highest BCUT2D eigenvalue weighted by molar-refractivity contribution is 5.77. The summed E-state index contributed by atoms with van der Waals surface area (Å²) in [4.78, 5) is 34.6. The van der Waals surface area contributed by atoms with Crippen molar-refractivity contribution in [2.75, 3.05) is 11.9 Å².